The maximum Gasteiger partial charge on any atom is 0.240 e. The molecule has 0 aromatic carbocycles. The van der Waals surface area contributed by atoms with Crippen molar-refractivity contribution in [2.75, 3.05) is 45.1 Å². The number of piperidine rings is 1. The number of nitrogens with zero attached hydrogens (tertiary/aromatic N) is 2. The summed E-state index contributed by atoms with van der Waals surface area (Å²) in [6, 6.07) is -0.0870. The molecule has 0 saturated carbocycles. The Hall–Kier alpha value is -0.790. The highest BCUT2D eigenvalue weighted by Crippen LogP contribution is 2.39. The number of thioether (sulfide) groups is 1. The molecule has 3 saturated heterocycles. The molecule has 0 aromatic heterocycles. The van der Waals surface area contributed by atoms with Crippen LogP contribution in [0.5, 0.6) is 0 Å². The van der Waals surface area contributed by atoms with E-state index in [9.17, 15) is 9.59 Å². The molecule has 0 aromatic rings. The van der Waals surface area contributed by atoms with E-state index < -0.39 is 0 Å². The first-order chi connectivity index (χ1) is 11.1. The van der Waals surface area contributed by atoms with E-state index in [1.165, 1.54) is 0 Å². The second-order valence-corrected chi connectivity index (χ2v) is 7.97. The zero-order valence-corrected chi connectivity index (χ0v) is 14.7. The van der Waals surface area contributed by atoms with Crippen LogP contribution >= 0.6 is 11.8 Å². The van der Waals surface area contributed by atoms with Crippen LogP contribution in [0.4, 0.5) is 0 Å². The number of hydrogen-bond donors (Lipinski definition) is 1. The van der Waals surface area contributed by atoms with Gasteiger partial charge in [0.25, 0.3) is 0 Å². The summed E-state index contributed by atoms with van der Waals surface area (Å²) in [4.78, 5) is 28.5. The molecule has 7 heteroatoms. The van der Waals surface area contributed by atoms with Gasteiger partial charge in [-0.25, -0.2) is 0 Å². The smallest absolute Gasteiger partial charge is 0.240 e. The molecule has 3 rings (SSSR count). The lowest BCUT2D eigenvalue weighted by Gasteiger charge is -2.39. The first kappa shape index (κ1) is 17.0. The third-order valence-electron chi connectivity index (χ3n) is 4.97. The number of carbonyl (C=O) groups excluding carboxylic acids is 2. The quantitative estimate of drug-likeness (QED) is 0.817. The zero-order valence-electron chi connectivity index (χ0n) is 13.9. The fourth-order valence-electron chi connectivity index (χ4n) is 3.56. The SMILES string of the molecule is CCCC(=O)N1CCC2(CC1)N[C@H](C(=O)N1CCOCC1)CS2. The van der Waals surface area contributed by atoms with E-state index in [2.05, 4.69) is 5.32 Å². The van der Waals surface area contributed by atoms with Crippen molar-refractivity contribution >= 4 is 23.6 Å². The van der Waals surface area contributed by atoms with Crippen LogP contribution < -0.4 is 5.32 Å². The van der Waals surface area contributed by atoms with Crippen molar-refractivity contribution in [2.24, 2.45) is 0 Å². The van der Waals surface area contributed by atoms with E-state index in [1.54, 1.807) is 0 Å². The van der Waals surface area contributed by atoms with Crippen molar-refractivity contribution in [2.45, 2.75) is 43.5 Å². The summed E-state index contributed by atoms with van der Waals surface area (Å²) in [5, 5.41) is 3.59. The fourth-order valence-corrected chi connectivity index (χ4v) is 4.97. The van der Waals surface area contributed by atoms with Gasteiger partial charge in [-0.1, -0.05) is 6.92 Å². The molecule has 3 aliphatic rings. The first-order valence-corrected chi connectivity index (χ1v) is 9.68. The van der Waals surface area contributed by atoms with Crippen molar-refractivity contribution in [3.8, 4) is 0 Å². The monoisotopic (exact) mass is 341 g/mol. The second-order valence-electron chi connectivity index (χ2n) is 6.57. The highest BCUT2D eigenvalue weighted by Gasteiger charge is 2.45. The van der Waals surface area contributed by atoms with Crippen LogP contribution in [0, 0.1) is 0 Å². The molecule has 6 nitrogen and oxygen atoms in total. The largest absolute Gasteiger partial charge is 0.378 e. The van der Waals surface area contributed by atoms with Crippen LogP contribution in [0.25, 0.3) is 0 Å². The molecule has 23 heavy (non-hydrogen) atoms. The Morgan fingerprint density at radius 1 is 1.17 bits per heavy atom. The van der Waals surface area contributed by atoms with Gasteiger partial charge in [-0.2, -0.15) is 0 Å². The number of likely N-dealkylation sites (tertiary alicyclic amines) is 1. The lowest BCUT2D eigenvalue weighted by molar-refractivity contribution is -0.137. The molecular formula is C16H27N3O3S. The first-order valence-electron chi connectivity index (χ1n) is 8.69. The van der Waals surface area contributed by atoms with Gasteiger partial charge in [0.05, 0.1) is 24.1 Å². The zero-order chi connectivity index (χ0) is 16.3. The minimum Gasteiger partial charge on any atom is -0.378 e. The summed E-state index contributed by atoms with van der Waals surface area (Å²) in [6.45, 7) is 6.34. The molecule has 3 aliphatic heterocycles. The third kappa shape index (κ3) is 3.83. The number of carbonyl (C=O) groups is 2. The summed E-state index contributed by atoms with van der Waals surface area (Å²) >= 11 is 1.87. The summed E-state index contributed by atoms with van der Waals surface area (Å²) < 4.78 is 5.32. The van der Waals surface area contributed by atoms with E-state index in [1.807, 2.05) is 28.5 Å². The van der Waals surface area contributed by atoms with Gasteiger partial charge in [0, 0.05) is 38.4 Å². The lowest BCUT2D eigenvalue weighted by atomic mass is 10.0. The number of amides is 2. The minimum absolute atomic E-state index is 0.0182. The van der Waals surface area contributed by atoms with Crippen molar-refractivity contribution in [3.63, 3.8) is 0 Å². The molecule has 0 aliphatic carbocycles. The highest BCUT2D eigenvalue weighted by molar-refractivity contribution is 8.01. The van der Waals surface area contributed by atoms with Crippen LogP contribution in [0.2, 0.25) is 0 Å². The summed E-state index contributed by atoms with van der Waals surface area (Å²) in [5.74, 6) is 1.31. The van der Waals surface area contributed by atoms with Crippen molar-refractivity contribution in [3.05, 3.63) is 0 Å². The van der Waals surface area contributed by atoms with Crippen LogP contribution in [0.15, 0.2) is 0 Å². The van der Waals surface area contributed by atoms with Gasteiger partial charge in [0.1, 0.15) is 0 Å². The Bertz CT molecular complexity index is 446. The molecule has 1 spiro atoms. The fraction of sp³-hybridized carbons (Fsp3) is 0.875. The van der Waals surface area contributed by atoms with E-state index >= 15 is 0 Å². The van der Waals surface area contributed by atoms with Gasteiger partial charge in [-0.05, 0) is 19.3 Å². The predicted octanol–water partition coefficient (Wildman–Crippen LogP) is 0.669. The Balaban J connectivity index is 1.51. The molecular weight excluding hydrogens is 314 g/mol. The van der Waals surface area contributed by atoms with Gasteiger partial charge in [-0.15, -0.1) is 11.8 Å². The van der Waals surface area contributed by atoms with Gasteiger partial charge in [0.15, 0.2) is 0 Å². The van der Waals surface area contributed by atoms with E-state index in [0.717, 1.165) is 38.1 Å². The molecule has 0 radical (unpaired) electrons. The Labute approximate surface area is 142 Å². The van der Waals surface area contributed by atoms with Gasteiger partial charge < -0.3 is 14.5 Å². The van der Waals surface area contributed by atoms with Crippen LogP contribution in [-0.4, -0.2) is 77.7 Å². The summed E-state index contributed by atoms with van der Waals surface area (Å²) in [5.41, 5.74) is 0. The lowest BCUT2D eigenvalue weighted by Crippen LogP contribution is -2.56. The summed E-state index contributed by atoms with van der Waals surface area (Å²) in [7, 11) is 0. The van der Waals surface area contributed by atoms with E-state index in [0.29, 0.717) is 32.7 Å². The predicted molar refractivity (Wildman–Crippen MR) is 90.2 cm³/mol. The maximum absolute atomic E-state index is 12.6. The number of hydrogen-bond acceptors (Lipinski definition) is 5. The molecule has 3 heterocycles. The van der Waals surface area contributed by atoms with E-state index in [4.69, 9.17) is 4.74 Å². The molecule has 0 unspecified atom stereocenters. The second kappa shape index (κ2) is 7.40. The molecule has 130 valence electrons. The topological polar surface area (TPSA) is 61.9 Å². The number of morpholine rings is 1. The summed E-state index contributed by atoms with van der Waals surface area (Å²) in [6.07, 6.45) is 3.41. The molecule has 0 bridgehead atoms. The number of ether oxygens (including phenoxy) is 1. The highest BCUT2D eigenvalue weighted by atomic mass is 32.2. The van der Waals surface area contributed by atoms with Gasteiger partial charge >= 0.3 is 0 Å². The van der Waals surface area contributed by atoms with Gasteiger partial charge in [0.2, 0.25) is 11.8 Å². The molecule has 3 fully saturated rings. The van der Waals surface area contributed by atoms with Crippen LogP contribution in [0.3, 0.4) is 0 Å². The minimum atomic E-state index is -0.0870. The van der Waals surface area contributed by atoms with Crippen LogP contribution in [0.1, 0.15) is 32.6 Å². The number of nitrogens with one attached hydrogen (secondary N) is 1. The molecule has 1 N–H and O–H groups in total. The van der Waals surface area contributed by atoms with E-state index in [-0.39, 0.29) is 22.7 Å². The van der Waals surface area contributed by atoms with Gasteiger partial charge in [-0.3, -0.25) is 14.9 Å². The van der Waals surface area contributed by atoms with Crippen molar-refractivity contribution in [1.29, 1.82) is 0 Å². The Kier molecular flexibility index (Phi) is 5.49. The third-order valence-corrected chi connectivity index (χ3v) is 6.55. The Morgan fingerprint density at radius 3 is 2.52 bits per heavy atom. The Morgan fingerprint density at radius 2 is 1.87 bits per heavy atom. The number of rotatable bonds is 3. The average Bonchev–Trinajstić information content (AvgIpc) is 2.99. The van der Waals surface area contributed by atoms with Crippen molar-refractivity contribution < 1.29 is 14.3 Å². The van der Waals surface area contributed by atoms with Crippen LogP contribution in [-0.2, 0) is 14.3 Å². The standard InChI is InChI=1S/C16H27N3O3S/c1-2-3-14(20)18-6-4-16(5-7-18)17-13(12-23-16)15(21)19-8-10-22-11-9-19/h13,17H,2-12H2,1H3/t13-/m0/s1. The maximum atomic E-state index is 12.6. The average molecular weight is 341 g/mol. The normalized spacial score (nSPS) is 27.4. The molecule has 1 atom stereocenters. The molecule has 2 amide bonds. The van der Waals surface area contributed by atoms with Crippen molar-refractivity contribution in [1.82, 2.24) is 15.1 Å².